The number of hydrogen-bond donors (Lipinski definition) is 1. The molecule has 1 fully saturated rings. The van der Waals surface area contributed by atoms with Crippen LogP contribution >= 0.6 is 0 Å². The number of pyridine rings is 1. The fraction of sp³-hybridized carbons (Fsp3) is 0.304. The molecular weight excluding hydrogens is 394 g/mol. The Balaban J connectivity index is 1.44. The van der Waals surface area contributed by atoms with Gasteiger partial charge < -0.3 is 20.1 Å². The van der Waals surface area contributed by atoms with Crippen LogP contribution in [0.5, 0.6) is 17.2 Å². The SMILES string of the molecule is COc1cc(C(=O)N2CCC(c3nnc(N)cc3C)CC2)ncc1Oc1ccccc1. The summed E-state index contributed by atoms with van der Waals surface area (Å²) >= 11 is 0. The Hall–Kier alpha value is -3.68. The Morgan fingerprint density at radius 1 is 1.10 bits per heavy atom. The second-order valence-corrected chi connectivity index (χ2v) is 7.54. The first-order valence-corrected chi connectivity index (χ1v) is 10.2. The van der Waals surface area contributed by atoms with Crippen LogP contribution in [-0.2, 0) is 0 Å². The molecule has 1 aromatic carbocycles. The van der Waals surface area contributed by atoms with Crippen molar-refractivity contribution in [3.63, 3.8) is 0 Å². The summed E-state index contributed by atoms with van der Waals surface area (Å²) in [5, 5.41) is 8.26. The molecule has 4 rings (SSSR count). The van der Waals surface area contributed by atoms with Crippen LogP contribution in [-0.4, -0.2) is 46.2 Å². The van der Waals surface area contributed by atoms with E-state index >= 15 is 0 Å². The molecule has 160 valence electrons. The number of anilines is 1. The third-order valence-electron chi connectivity index (χ3n) is 5.45. The number of amides is 1. The number of benzene rings is 1. The van der Waals surface area contributed by atoms with E-state index in [0.29, 0.717) is 41.8 Å². The number of methoxy groups -OCH3 is 1. The Bertz CT molecular complexity index is 1070. The Morgan fingerprint density at radius 3 is 2.52 bits per heavy atom. The molecule has 3 heterocycles. The van der Waals surface area contributed by atoms with Gasteiger partial charge in [0.25, 0.3) is 5.91 Å². The number of piperidine rings is 1. The van der Waals surface area contributed by atoms with Gasteiger partial charge in [-0.25, -0.2) is 4.98 Å². The van der Waals surface area contributed by atoms with Gasteiger partial charge in [0.1, 0.15) is 17.3 Å². The number of aryl methyl sites for hydroxylation is 1. The maximum Gasteiger partial charge on any atom is 0.272 e. The summed E-state index contributed by atoms with van der Waals surface area (Å²) in [6.07, 6.45) is 3.16. The minimum atomic E-state index is -0.122. The van der Waals surface area contributed by atoms with Crippen LogP contribution in [0.2, 0.25) is 0 Å². The van der Waals surface area contributed by atoms with Gasteiger partial charge in [-0.15, -0.1) is 5.10 Å². The summed E-state index contributed by atoms with van der Waals surface area (Å²) < 4.78 is 11.3. The molecule has 3 aromatic rings. The van der Waals surface area contributed by atoms with Crippen LogP contribution in [0.1, 0.15) is 40.5 Å². The summed E-state index contributed by atoms with van der Waals surface area (Å²) in [5.41, 5.74) is 8.04. The molecule has 31 heavy (non-hydrogen) atoms. The average molecular weight is 419 g/mol. The molecule has 0 aliphatic carbocycles. The summed E-state index contributed by atoms with van der Waals surface area (Å²) in [6.45, 7) is 3.25. The predicted octanol–water partition coefficient (Wildman–Crippen LogP) is 3.58. The molecule has 0 atom stereocenters. The second kappa shape index (κ2) is 8.99. The first-order valence-electron chi connectivity index (χ1n) is 10.2. The molecule has 0 saturated carbocycles. The second-order valence-electron chi connectivity index (χ2n) is 7.54. The van der Waals surface area contributed by atoms with E-state index < -0.39 is 0 Å². The summed E-state index contributed by atoms with van der Waals surface area (Å²) in [6, 6.07) is 12.8. The van der Waals surface area contributed by atoms with Gasteiger partial charge in [0.05, 0.1) is 19.0 Å². The lowest BCUT2D eigenvalue weighted by Gasteiger charge is -2.32. The molecule has 1 aliphatic rings. The summed E-state index contributed by atoms with van der Waals surface area (Å²) in [4.78, 5) is 19.2. The largest absolute Gasteiger partial charge is 0.493 e. The van der Waals surface area contributed by atoms with E-state index in [4.69, 9.17) is 15.2 Å². The smallest absolute Gasteiger partial charge is 0.272 e. The van der Waals surface area contributed by atoms with Crippen molar-refractivity contribution in [3.8, 4) is 17.2 Å². The van der Waals surface area contributed by atoms with Crippen molar-refractivity contribution in [2.75, 3.05) is 25.9 Å². The molecule has 2 N–H and O–H groups in total. The van der Waals surface area contributed by atoms with Crippen LogP contribution in [0.4, 0.5) is 5.82 Å². The normalized spacial score (nSPS) is 14.3. The summed E-state index contributed by atoms with van der Waals surface area (Å²) in [5.74, 6) is 2.16. The van der Waals surface area contributed by atoms with Gasteiger partial charge in [0.15, 0.2) is 11.5 Å². The van der Waals surface area contributed by atoms with E-state index in [2.05, 4.69) is 15.2 Å². The molecule has 0 radical (unpaired) electrons. The molecule has 8 nitrogen and oxygen atoms in total. The van der Waals surface area contributed by atoms with E-state index in [9.17, 15) is 4.79 Å². The van der Waals surface area contributed by atoms with Crippen LogP contribution in [0.15, 0.2) is 48.7 Å². The van der Waals surface area contributed by atoms with E-state index in [0.717, 1.165) is 24.1 Å². The highest BCUT2D eigenvalue weighted by atomic mass is 16.5. The maximum absolute atomic E-state index is 13.0. The Kier molecular flexibility index (Phi) is 5.97. The number of carbonyl (C=O) groups is 1. The lowest BCUT2D eigenvalue weighted by atomic mass is 9.91. The molecule has 1 aliphatic heterocycles. The van der Waals surface area contributed by atoms with Crippen molar-refractivity contribution in [1.29, 1.82) is 0 Å². The van der Waals surface area contributed by atoms with Crippen molar-refractivity contribution in [2.24, 2.45) is 0 Å². The number of nitrogens with two attached hydrogens (primary N) is 1. The van der Waals surface area contributed by atoms with Crippen LogP contribution in [0, 0.1) is 6.92 Å². The zero-order valence-electron chi connectivity index (χ0n) is 17.6. The number of likely N-dealkylation sites (tertiary alicyclic amines) is 1. The highest BCUT2D eigenvalue weighted by Gasteiger charge is 2.27. The molecule has 2 aromatic heterocycles. The number of nitrogens with zero attached hydrogens (tertiary/aromatic N) is 4. The zero-order valence-corrected chi connectivity index (χ0v) is 17.6. The molecule has 1 saturated heterocycles. The van der Waals surface area contributed by atoms with Gasteiger partial charge in [-0.05, 0) is 43.5 Å². The average Bonchev–Trinajstić information content (AvgIpc) is 2.80. The number of rotatable bonds is 5. The number of ether oxygens (including phenoxy) is 2. The monoisotopic (exact) mass is 419 g/mol. The number of nitrogen functional groups attached to an aromatic ring is 1. The predicted molar refractivity (Wildman–Crippen MR) is 116 cm³/mol. The molecule has 0 spiro atoms. The first kappa shape index (κ1) is 20.6. The van der Waals surface area contributed by atoms with E-state index in [1.165, 1.54) is 6.20 Å². The van der Waals surface area contributed by atoms with Crippen molar-refractivity contribution < 1.29 is 14.3 Å². The van der Waals surface area contributed by atoms with E-state index in [1.54, 1.807) is 13.2 Å². The number of hydrogen-bond acceptors (Lipinski definition) is 7. The fourth-order valence-electron chi connectivity index (χ4n) is 3.83. The standard InChI is InChI=1S/C23H25N5O3/c1-15-12-21(24)26-27-22(15)16-8-10-28(11-9-16)23(29)18-13-19(30-2)20(14-25-18)31-17-6-4-3-5-7-17/h3-7,12-14,16H,8-11H2,1-2H3,(H2,24,26). The van der Waals surface area contributed by atoms with Gasteiger partial charge in [-0.1, -0.05) is 18.2 Å². The van der Waals surface area contributed by atoms with Gasteiger partial charge in [-0.2, -0.15) is 5.10 Å². The van der Waals surface area contributed by atoms with Crippen LogP contribution in [0.3, 0.4) is 0 Å². The number of carbonyl (C=O) groups excluding carboxylic acids is 1. The van der Waals surface area contributed by atoms with E-state index in [-0.39, 0.29) is 11.8 Å². The molecule has 1 amide bonds. The lowest BCUT2D eigenvalue weighted by molar-refractivity contribution is 0.0705. The van der Waals surface area contributed by atoms with Crippen LogP contribution < -0.4 is 15.2 Å². The quantitative estimate of drug-likeness (QED) is 0.674. The number of para-hydroxylation sites is 1. The van der Waals surface area contributed by atoms with Crippen molar-refractivity contribution in [1.82, 2.24) is 20.1 Å². The van der Waals surface area contributed by atoms with Crippen molar-refractivity contribution >= 4 is 11.7 Å². The maximum atomic E-state index is 13.0. The Morgan fingerprint density at radius 2 is 1.84 bits per heavy atom. The third kappa shape index (κ3) is 4.58. The first-order chi connectivity index (χ1) is 15.0. The third-order valence-corrected chi connectivity index (χ3v) is 5.45. The topological polar surface area (TPSA) is 103 Å². The van der Waals surface area contributed by atoms with Crippen molar-refractivity contribution in [2.45, 2.75) is 25.7 Å². The minimum absolute atomic E-state index is 0.122. The molecule has 8 heteroatoms. The summed E-state index contributed by atoms with van der Waals surface area (Å²) in [7, 11) is 1.54. The van der Waals surface area contributed by atoms with Crippen LogP contribution in [0.25, 0.3) is 0 Å². The lowest BCUT2D eigenvalue weighted by Crippen LogP contribution is -2.38. The fourth-order valence-corrected chi connectivity index (χ4v) is 3.83. The highest BCUT2D eigenvalue weighted by molar-refractivity contribution is 5.93. The zero-order chi connectivity index (χ0) is 21.8. The molecular formula is C23H25N5O3. The highest BCUT2D eigenvalue weighted by Crippen LogP contribution is 2.33. The van der Waals surface area contributed by atoms with Gasteiger partial charge in [-0.3, -0.25) is 4.79 Å². The van der Waals surface area contributed by atoms with E-state index in [1.807, 2.05) is 48.2 Å². The van der Waals surface area contributed by atoms with Crippen molar-refractivity contribution in [3.05, 3.63) is 65.6 Å². The minimum Gasteiger partial charge on any atom is -0.493 e. The molecule has 0 bridgehead atoms. The van der Waals surface area contributed by atoms with Gasteiger partial charge in [0.2, 0.25) is 0 Å². The number of aromatic nitrogens is 3. The molecule has 0 unspecified atom stereocenters. The van der Waals surface area contributed by atoms with Gasteiger partial charge >= 0.3 is 0 Å². The Labute approximate surface area is 181 Å². The van der Waals surface area contributed by atoms with Gasteiger partial charge in [0, 0.05) is 25.1 Å².